The van der Waals surface area contributed by atoms with Gasteiger partial charge in [-0.2, -0.15) is 18.2 Å². The summed E-state index contributed by atoms with van der Waals surface area (Å²) < 4.78 is 51.8. The van der Waals surface area contributed by atoms with E-state index < -0.39 is 17.4 Å². The number of pyridine rings is 1. The predicted octanol–water partition coefficient (Wildman–Crippen LogP) is 1.81. The van der Waals surface area contributed by atoms with Gasteiger partial charge in [-0.1, -0.05) is 0 Å². The monoisotopic (exact) mass is 410 g/mol. The molecular formula is C18H21F3N6O2. The third-order valence-corrected chi connectivity index (χ3v) is 4.86. The van der Waals surface area contributed by atoms with Gasteiger partial charge in [0.2, 0.25) is 5.95 Å². The Morgan fingerprint density at radius 1 is 0.897 bits per heavy atom. The zero-order valence-electron chi connectivity index (χ0n) is 15.7. The number of nitrogens with two attached hydrogens (primary N) is 1. The standard InChI is InChI=1S/C18H21F3N6O2/c19-18(20,21)16-12(10-23-11-13(16)22)14-9-15(26-1-5-28-6-2-26)25-17(24-14)27-3-7-29-8-4-27/h9-11H,1-8,22H2. The molecule has 0 atom stereocenters. The van der Waals surface area contributed by atoms with E-state index in [-0.39, 0.29) is 11.3 Å². The third kappa shape index (κ3) is 4.20. The maximum absolute atomic E-state index is 13.7. The fourth-order valence-electron chi connectivity index (χ4n) is 3.41. The molecule has 2 N–H and O–H groups in total. The van der Waals surface area contributed by atoms with E-state index in [1.165, 1.54) is 0 Å². The number of halogens is 3. The second-order valence-electron chi connectivity index (χ2n) is 6.76. The maximum Gasteiger partial charge on any atom is 0.419 e. The van der Waals surface area contributed by atoms with Gasteiger partial charge in [0.15, 0.2) is 0 Å². The highest BCUT2D eigenvalue weighted by Crippen LogP contribution is 2.40. The number of alkyl halides is 3. The van der Waals surface area contributed by atoms with E-state index in [0.29, 0.717) is 64.4 Å². The van der Waals surface area contributed by atoms with Crippen LogP contribution in [0.4, 0.5) is 30.6 Å². The lowest BCUT2D eigenvalue weighted by Crippen LogP contribution is -2.39. The van der Waals surface area contributed by atoms with Crippen LogP contribution in [-0.2, 0) is 15.7 Å². The highest BCUT2D eigenvalue weighted by Gasteiger charge is 2.37. The molecule has 0 amide bonds. The normalized spacial score (nSPS) is 18.2. The van der Waals surface area contributed by atoms with Crippen molar-refractivity contribution in [3.8, 4) is 11.3 Å². The summed E-state index contributed by atoms with van der Waals surface area (Å²) in [7, 11) is 0. The first-order valence-electron chi connectivity index (χ1n) is 9.29. The van der Waals surface area contributed by atoms with E-state index in [9.17, 15) is 13.2 Å². The Labute approximate surface area is 165 Å². The van der Waals surface area contributed by atoms with E-state index in [1.807, 2.05) is 9.80 Å². The average Bonchev–Trinajstić information content (AvgIpc) is 2.73. The van der Waals surface area contributed by atoms with Crippen molar-refractivity contribution in [1.29, 1.82) is 0 Å². The number of rotatable bonds is 3. The van der Waals surface area contributed by atoms with Gasteiger partial charge in [-0.25, -0.2) is 4.98 Å². The van der Waals surface area contributed by atoms with Gasteiger partial charge in [-0.3, -0.25) is 4.98 Å². The molecule has 156 valence electrons. The topological polar surface area (TPSA) is 89.6 Å². The van der Waals surface area contributed by atoms with Gasteiger partial charge >= 0.3 is 6.18 Å². The van der Waals surface area contributed by atoms with Gasteiger partial charge in [-0.15, -0.1) is 0 Å². The minimum Gasteiger partial charge on any atom is -0.397 e. The summed E-state index contributed by atoms with van der Waals surface area (Å²) in [5.74, 6) is 0.915. The largest absolute Gasteiger partial charge is 0.419 e. The molecule has 2 saturated heterocycles. The van der Waals surface area contributed by atoms with E-state index >= 15 is 0 Å². The highest BCUT2D eigenvalue weighted by atomic mass is 19.4. The zero-order chi connectivity index (χ0) is 20.4. The molecule has 0 radical (unpaired) electrons. The van der Waals surface area contributed by atoms with Crippen molar-refractivity contribution in [3.63, 3.8) is 0 Å². The molecule has 0 bridgehead atoms. The fourth-order valence-corrected chi connectivity index (χ4v) is 3.41. The zero-order valence-corrected chi connectivity index (χ0v) is 15.7. The van der Waals surface area contributed by atoms with E-state index in [0.717, 1.165) is 12.4 Å². The van der Waals surface area contributed by atoms with Crippen LogP contribution < -0.4 is 15.5 Å². The van der Waals surface area contributed by atoms with Crippen LogP contribution in [0.3, 0.4) is 0 Å². The molecule has 11 heteroatoms. The Hall–Kier alpha value is -2.66. The lowest BCUT2D eigenvalue weighted by molar-refractivity contribution is -0.136. The first-order chi connectivity index (χ1) is 13.9. The molecule has 2 aromatic heterocycles. The third-order valence-electron chi connectivity index (χ3n) is 4.86. The van der Waals surface area contributed by atoms with Gasteiger partial charge in [0.1, 0.15) is 5.82 Å². The van der Waals surface area contributed by atoms with Gasteiger partial charge in [0.25, 0.3) is 0 Å². The molecular weight excluding hydrogens is 389 g/mol. The minimum absolute atomic E-state index is 0.134. The van der Waals surface area contributed by atoms with Crippen molar-refractivity contribution >= 4 is 17.5 Å². The Bertz CT molecular complexity index is 831. The minimum atomic E-state index is -4.63. The number of hydrogen-bond acceptors (Lipinski definition) is 8. The predicted molar refractivity (Wildman–Crippen MR) is 101 cm³/mol. The molecule has 0 aliphatic carbocycles. The van der Waals surface area contributed by atoms with Crippen LogP contribution in [0.15, 0.2) is 18.5 Å². The average molecular weight is 410 g/mol. The van der Waals surface area contributed by atoms with Crippen LogP contribution in [0.25, 0.3) is 11.3 Å². The Kier molecular flexibility index (Phi) is 5.41. The molecule has 0 spiro atoms. The van der Waals surface area contributed by atoms with Crippen LogP contribution in [0, 0.1) is 0 Å². The summed E-state index contributed by atoms with van der Waals surface area (Å²) in [5, 5.41) is 0. The summed E-state index contributed by atoms with van der Waals surface area (Å²) in [4.78, 5) is 16.8. The second-order valence-corrected chi connectivity index (χ2v) is 6.76. The van der Waals surface area contributed by atoms with Crippen molar-refractivity contribution < 1.29 is 22.6 Å². The molecule has 0 saturated carbocycles. The number of hydrogen-bond donors (Lipinski definition) is 1. The number of morpholine rings is 2. The van der Waals surface area contributed by atoms with Crippen molar-refractivity contribution in [2.24, 2.45) is 0 Å². The van der Waals surface area contributed by atoms with Crippen LogP contribution in [0.5, 0.6) is 0 Å². The summed E-state index contributed by atoms with van der Waals surface area (Å²) in [6.07, 6.45) is -2.49. The molecule has 4 heterocycles. The molecule has 2 aliphatic heterocycles. The van der Waals surface area contributed by atoms with Crippen LogP contribution in [0.1, 0.15) is 5.56 Å². The Morgan fingerprint density at radius 2 is 1.52 bits per heavy atom. The number of aromatic nitrogens is 3. The molecule has 2 aliphatic rings. The molecule has 0 unspecified atom stereocenters. The van der Waals surface area contributed by atoms with Crippen molar-refractivity contribution in [2.75, 3.05) is 68.1 Å². The molecule has 29 heavy (non-hydrogen) atoms. The van der Waals surface area contributed by atoms with Gasteiger partial charge < -0.3 is 25.0 Å². The maximum atomic E-state index is 13.7. The molecule has 8 nitrogen and oxygen atoms in total. The smallest absolute Gasteiger partial charge is 0.397 e. The van der Waals surface area contributed by atoms with E-state index in [2.05, 4.69) is 15.0 Å². The Morgan fingerprint density at radius 3 is 2.14 bits per heavy atom. The van der Waals surface area contributed by atoms with Crippen LogP contribution in [0.2, 0.25) is 0 Å². The van der Waals surface area contributed by atoms with Gasteiger partial charge in [0, 0.05) is 44.0 Å². The van der Waals surface area contributed by atoms with Gasteiger partial charge in [0.05, 0.1) is 49.6 Å². The second kappa shape index (κ2) is 7.99. The van der Waals surface area contributed by atoms with Crippen molar-refractivity contribution in [2.45, 2.75) is 6.18 Å². The molecule has 2 fully saturated rings. The quantitative estimate of drug-likeness (QED) is 0.820. The number of nitrogen functional groups attached to an aromatic ring is 1. The highest BCUT2D eigenvalue weighted by molar-refractivity contribution is 5.73. The van der Waals surface area contributed by atoms with E-state index in [4.69, 9.17) is 15.2 Å². The lowest BCUT2D eigenvalue weighted by Gasteiger charge is -2.31. The van der Waals surface area contributed by atoms with E-state index in [1.54, 1.807) is 6.07 Å². The molecule has 0 aromatic carbocycles. The SMILES string of the molecule is Nc1cncc(-c2cc(N3CCOCC3)nc(N3CCOCC3)n2)c1C(F)(F)F. The van der Waals surface area contributed by atoms with Crippen LogP contribution in [-0.4, -0.2) is 67.6 Å². The number of nitrogens with zero attached hydrogens (tertiary/aromatic N) is 5. The lowest BCUT2D eigenvalue weighted by atomic mass is 10.0. The van der Waals surface area contributed by atoms with Crippen LogP contribution >= 0.6 is 0 Å². The van der Waals surface area contributed by atoms with Gasteiger partial charge in [-0.05, 0) is 0 Å². The van der Waals surface area contributed by atoms with Crippen molar-refractivity contribution in [3.05, 3.63) is 24.0 Å². The molecule has 4 rings (SSSR count). The Balaban J connectivity index is 1.83. The number of anilines is 3. The first kappa shape index (κ1) is 19.6. The summed E-state index contributed by atoms with van der Waals surface area (Å²) >= 11 is 0. The number of ether oxygens (including phenoxy) is 2. The van der Waals surface area contributed by atoms with Crippen molar-refractivity contribution in [1.82, 2.24) is 15.0 Å². The summed E-state index contributed by atoms with van der Waals surface area (Å²) in [5.41, 5.74) is 4.22. The molecule has 2 aromatic rings. The summed E-state index contributed by atoms with van der Waals surface area (Å²) in [6, 6.07) is 1.56. The first-order valence-corrected chi connectivity index (χ1v) is 9.29. The fraction of sp³-hybridized carbons (Fsp3) is 0.500. The summed E-state index contributed by atoms with van der Waals surface area (Å²) in [6.45, 7) is 4.39.